The molecule has 0 radical (unpaired) electrons. The first kappa shape index (κ1) is 13.7. The molecular formula is C13H12BrIN2O. The number of H-pyrrole nitrogens is 1. The largest absolute Gasteiger partial charge is 0.306 e. The van der Waals surface area contributed by atoms with E-state index in [9.17, 15) is 4.79 Å². The molecule has 0 aliphatic carbocycles. The van der Waals surface area contributed by atoms with Gasteiger partial charge in [-0.05, 0) is 41.1 Å². The number of benzene rings is 1. The topological polar surface area (TPSA) is 45.8 Å². The standard InChI is InChI=1S/C13H12BrIN2O/c1-2-4-10-11(15)13(18)17-12(16-10)8-5-3-6-9(14)7-8/h3,5-7H,2,4H2,1H3,(H,16,17,18). The van der Waals surface area contributed by atoms with Crippen molar-refractivity contribution in [1.29, 1.82) is 0 Å². The minimum atomic E-state index is -0.0657. The predicted octanol–water partition coefficient (Wildman–Crippen LogP) is 3.76. The minimum absolute atomic E-state index is 0.0657. The lowest BCUT2D eigenvalue weighted by molar-refractivity contribution is 0.860. The fourth-order valence-electron chi connectivity index (χ4n) is 1.68. The highest BCUT2D eigenvalue weighted by Crippen LogP contribution is 2.20. The highest BCUT2D eigenvalue weighted by atomic mass is 127. The Kier molecular flexibility index (Phi) is 4.55. The molecule has 0 amide bonds. The van der Waals surface area contributed by atoms with Gasteiger partial charge in [0.25, 0.3) is 5.56 Å². The van der Waals surface area contributed by atoms with Crippen molar-refractivity contribution in [3.8, 4) is 11.4 Å². The van der Waals surface area contributed by atoms with E-state index < -0.39 is 0 Å². The minimum Gasteiger partial charge on any atom is -0.306 e. The normalized spacial score (nSPS) is 10.6. The van der Waals surface area contributed by atoms with Gasteiger partial charge in [0.15, 0.2) is 0 Å². The molecule has 0 unspecified atom stereocenters. The maximum atomic E-state index is 11.9. The fourth-order valence-corrected chi connectivity index (χ4v) is 2.60. The van der Waals surface area contributed by atoms with Crippen LogP contribution in [0.4, 0.5) is 0 Å². The van der Waals surface area contributed by atoms with E-state index >= 15 is 0 Å². The van der Waals surface area contributed by atoms with Gasteiger partial charge < -0.3 is 4.98 Å². The fraction of sp³-hybridized carbons (Fsp3) is 0.231. The SMILES string of the molecule is CCCc1nc(-c2cccc(Br)c2)[nH]c(=O)c1I. The van der Waals surface area contributed by atoms with Gasteiger partial charge >= 0.3 is 0 Å². The molecule has 0 bridgehead atoms. The van der Waals surface area contributed by atoms with Crippen LogP contribution in [0.25, 0.3) is 11.4 Å². The Bertz CT molecular complexity index is 625. The van der Waals surface area contributed by atoms with Crippen LogP contribution in [0.5, 0.6) is 0 Å². The van der Waals surface area contributed by atoms with Crippen molar-refractivity contribution in [3.63, 3.8) is 0 Å². The summed E-state index contributed by atoms with van der Waals surface area (Å²) in [5, 5.41) is 0. The first-order valence-corrected chi connectivity index (χ1v) is 7.53. The Morgan fingerprint density at radius 3 is 2.89 bits per heavy atom. The van der Waals surface area contributed by atoms with Crippen LogP contribution in [-0.2, 0) is 6.42 Å². The molecule has 1 heterocycles. The van der Waals surface area contributed by atoms with Gasteiger partial charge in [-0.15, -0.1) is 0 Å². The summed E-state index contributed by atoms with van der Waals surface area (Å²) in [5.74, 6) is 0.630. The first-order chi connectivity index (χ1) is 8.61. The molecule has 2 aromatic rings. The van der Waals surface area contributed by atoms with Crippen molar-refractivity contribution in [3.05, 3.63) is 48.4 Å². The van der Waals surface area contributed by atoms with Gasteiger partial charge in [0.05, 0.1) is 9.26 Å². The third kappa shape index (κ3) is 3.00. The highest BCUT2D eigenvalue weighted by molar-refractivity contribution is 14.1. The summed E-state index contributed by atoms with van der Waals surface area (Å²) in [7, 11) is 0. The van der Waals surface area contributed by atoms with E-state index in [1.807, 2.05) is 24.3 Å². The first-order valence-electron chi connectivity index (χ1n) is 5.66. The molecule has 0 aliphatic rings. The zero-order chi connectivity index (χ0) is 13.1. The Morgan fingerprint density at radius 1 is 1.44 bits per heavy atom. The van der Waals surface area contributed by atoms with E-state index in [1.165, 1.54) is 0 Å². The summed E-state index contributed by atoms with van der Waals surface area (Å²) in [5.41, 5.74) is 1.72. The zero-order valence-electron chi connectivity index (χ0n) is 9.84. The van der Waals surface area contributed by atoms with Crippen LogP contribution in [0.1, 0.15) is 19.0 Å². The quantitative estimate of drug-likeness (QED) is 0.771. The van der Waals surface area contributed by atoms with Gasteiger partial charge in [-0.1, -0.05) is 41.4 Å². The Balaban J connectivity index is 2.55. The highest BCUT2D eigenvalue weighted by Gasteiger charge is 2.09. The lowest BCUT2D eigenvalue weighted by Crippen LogP contribution is -2.16. The smallest absolute Gasteiger partial charge is 0.264 e. The summed E-state index contributed by atoms with van der Waals surface area (Å²) in [6, 6.07) is 7.75. The molecule has 1 aromatic carbocycles. The van der Waals surface area contributed by atoms with Gasteiger partial charge in [-0.3, -0.25) is 4.79 Å². The molecule has 0 saturated carbocycles. The Hall–Kier alpha value is -0.690. The third-order valence-corrected chi connectivity index (χ3v) is 4.12. The Labute approximate surface area is 127 Å². The van der Waals surface area contributed by atoms with Crippen LogP contribution in [0.15, 0.2) is 33.5 Å². The van der Waals surface area contributed by atoms with Crippen molar-refractivity contribution in [2.45, 2.75) is 19.8 Å². The molecule has 0 spiro atoms. The van der Waals surface area contributed by atoms with Gasteiger partial charge in [-0.25, -0.2) is 4.98 Å². The van der Waals surface area contributed by atoms with Gasteiger partial charge in [0.2, 0.25) is 0 Å². The van der Waals surface area contributed by atoms with Crippen LogP contribution >= 0.6 is 38.5 Å². The van der Waals surface area contributed by atoms with E-state index in [4.69, 9.17) is 0 Å². The number of rotatable bonds is 3. The van der Waals surface area contributed by atoms with Crippen LogP contribution in [-0.4, -0.2) is 9.97 Å². The van der Waals surface area contributed by atoms with Crippen LogP contribution in [0.3, 0.4) is 0 Å². The van der Waals surface area contributed by atoms with Crippen molar-refractivity contribution < 1.29 is 0 Å². The molecule has 5 heteroatoms. The number of aryl methyl sites for hydroxylation is 1. The van der Waals surface area contributed by atoms with Gasteiger partial charge in [0, 0.05) is 10.0 Å². The monoisotopic (exact) mass is 418 g/mol. The van der Waals surface area contributed by atoms with Crippen molar-refractivity contribution in [2.75, 3.05) is 0 Å². The van der Waals surface area contributed by atoms with Crippen LogP contribution < -0.4 is 5.56 Å². The maximum Gasteiger partial charge on any atom is 0.264 e. The summed E-state index contributed by atoms with van der Waals surface area (Å²) in [6.07, 6.45) is 1.80. The number of nitrogens with zero attached hydrogens (tertiary/aromatic N) is 1. The van der Waals surface area contributed by atoms with Gasteiger partial charge in [0.1, 0.15) is 5.82 Å². The van der Waals surface area contributed by atoms with E-state index in [2.05, 4.69) is 55.4 Å². The van der Waals surface area contributed by atoms with Crippen molar-refractivity contribution in [1.82, 2.24) is 9.97 Å². The molecule has 3 nitrogen and oxygen atoms in total. The average Bonchev–Trinajstić information content (AvgIpc) is 2.35. The molecule has 1 aromatic heterocycles. The molecule has 1 N–H and O–H groups in total. The molecule has 0 aliphatic heterocycles. The summed E-state index contributed by atoms with van der Waals surface area (Å²) in [6.45, 7) is 2.08. The Morgan fingerprint density at radius 2 is 2.22 bits per heavy atom. The molecular weight excluding hydrogens is 407 g/mol. The van der Waals surface area contributed by atoms with E-state index in [0.29, 0.717) is 9.39 Å². The molecule has 2 rings (SSSR count). The van der Waals surface area contributed by atoms with Crippen molar-refractivity contribution >= 4 is 38.5 Å². The van der Waals surface area contributed by atoms with E-state index in [-0.39, 0.29) is 5.56 Å². The predicted molar refractivity (Wildman–Crippen MR) is 84.7 cm³/mol. The summed E-state index contributed by atoms with van der Waals surface area (Å²) < 4.78 is 1.66. The van der Waals surface area contributed by atoms with E-state index in [1.54, 1.807) is 0 Å². The molecule has 0 saturated heterocycles. The van der Waals surface area contributed by atoms with Gasteiger partial charge in [-0.2, -0.15) is 0 Å². The molecule has 94 valence electrons. The second-order valence-electron chi connectivity index (χ2n) is 3.94. The van der Waals surface area contributed by atoms with E-state index in [0.717, 1.165) is 28.6 Å². The summed E-state index contributed by atoms with van der Waals surface area (Å²) >= 11 is 5.48. The average molecular weight is 419 g/mol. The summed E-state index contributed by atoms with van der Waals surface area (Å²) in [4.78, 5) is 19.3. The second-order valence-corrected chi connectivity index (χ2v) is 5.93. The maximum absolute atomic E-state index is 11.9. The van der Waals surface area contributed by atoms with Crippen molar-refractivity contribution in [2.24, 2.45) is 0 Å². The van der Waals surface area contributed by atoms with Crippen LogP contribution in [0.2, 0.25) is 0 Å². The molecule has 0 atom stereocenters. The lowest BCUT2D eigenvalue weighted by atomic mass is 10.2. The third-order valence-electron chi connectivity index (χ3n) is 2.52. The number of halogens is 2. The molecule has 18 heavy (non-hydrogen) atoms. The second kappa shape index (κ2) is 5.97. The number of nitrogens with one attached hydrogen (secondary N) is 1. The zero-order valence-corrected chi connectivity index (χ0v) is 13.6. The molecule has 0 fully saturated rings. The number of hydrogen-bond donors (Lipinski definition) is 1. The number of hydrogen-bond acceptors (Lipinski definition) is 2. The lowest BCUT2D eigenvalue weighted by Gasteiger charge is -2.06. The number of aromatic nitrogens is 2. The van der Waals surface area contributed by atoms with Crippen LogP contribution in [0, 0.1) is 3.57 Å². The number of aromatic amines is 1.